The molecule has 0 spiro atoms. The van der Waals surface area contributed by atoms with Crippen LogP contribution in [0.4, 0.5) is 13.2 Å². The molecule has 5 heteroatoms. The second kappa shape index (κ2) is 4.51. The zero-order valence-electron chi connectivity index (χ0n) is 7.69. The van der Waals surface area contributed by atoms with Gasteiger partial charge in [0.2, 0.25) is 0 Å². The smallest absolute Gasteiger partial charge is 0.312 e. The lowest BCUT2D eigenvalue weighted by molar-refractivity contribution is -0.199. The van der Waals surface area contributed by atoms with Crippen LogP contribution >= 0.6 is 12.4 Å². The largest absolute Gasteiger partial charge is 0.391 e. The van der Waals surface area contributed by atoms with Crippen molar-refractivity contribution in [2.45, 2.75) is 44.9 Å². The van der Waals surface area contributed by atoms with Crippen LogP contribution in [0.5, 0.6) is 0 Å². The van der Waals surface area contributed by atoms with Gasteiger partial charge in [-0.05, 0) is 12.8 Å². The summed E-state index contributed by atoms with van der Waals surface area (Å²) in [6, 6.07) is 0.362. The molecule has 0 aliphatic heterocycles. The van der Waals surface area contributed by atoms with Crippen LogP contribution < -0.4 is 5.32 Å². The molecule has 0 bridgehead atoms. The normalized spacial score (nSPS) is 28.2. The summed E-state index contributed by atoms with van der Waals surface area (Å²) in [4.78, 5) is 0. The second-order valence-electron chi connectivity index (χ2n) is 3.73. The Morgan fingerprint density at radius 1 is 1.23 bits per heavy atom. The summed E-state index contributed by atoms with van der Waals surface area (Å²) in [6.45, 7) is 3.89. The van der Waals surface area contributed by atoms with Crippen molar-refractivity contribution in [1.29, 1.82) is 0 Å². The minimum atomic E-state index is -3.98. The molecule has 1 aliphatic carbocycles. The fourth-order valence-electron chi connectivity index (χ4n) is 1.49. The standard InChI is InChI=1S/C8H14F3N.ClH/c1-5(2)12-7-3-6(4-7)8(9,10)11;/h5-7,12H,3-4H2,1-2H3;1H. The Bertz CT molecular complexity index is 152. The van der Waals surface area contributed by atoms with Crippen molar-refractivity contribution in [2.24, 2.45) is 5.92 Å². The Kier molecular flexibility index (Phi) is 4.52. The van der Waals surface area contributed by atoms with Crippen LogP contribution in [-0.4, -0.2) is 18.3 Å². The molecule has 0 radical (unpaired) electrons. The van der Waals surface area contributed by atoms with Crippen molar-refractivity contribution in [3.63, 3.8) is 0 Å². The summed E-state index contributed by atoms with van der Waals surface area (Å²) in [7, 11) is 0. The van der Waals surface area contributed by atoms with Crippen LogP contribution in [0.25, 0.3) is 0 Å². The summed E-state index contributed by atoms with van der Waals surface area (Å²) >= 11 is 0. The van der Waals surface area contributed by atoms with Crippen molar-refractivity contribution in [3.05, 3.63) is 0 Å². The molecule has 1 fully saturated rings. The molecular formula is C8H15ClF3N. The van der Waals surface area contributed by atoms with Crippen molar-refractivity contribution >= 4 is 12.4 Å². The summed E-state index contributed by atoms with van der Waals surface area (Å²) in [6.07, 6.45) is -3.47. The summed E-state index contributed by atoms with van der Waals surface area (Å²) in [5.74, 6) is -1.06. The number of halogens is 4. The molecule has 0 heterocycles. The van der Waals surface area contributed by atoms with Gasteiger partial charge in [0, 0.05) is 12.1 Å². The van der Waals surface area contributed by atoms with Gasteiger partial charge in [0.15, 0.2) is 0 Å². The molecule has 1 saturated carbocycles. The van der Waals surface area contributed by atoms with E-state index in [9.17, 15) is 13.2 Å². The molecule has 0 aromatic carbocycles. The van der Waals surface area contributed by atoms with Crippen molar-refractivity contribution in [2.75, 3.05) is 0 Å². The minimum Gasteiger partial charge on any atom is -0.312 e. The van der Waals surface area contributed by atoms with Gasteiger partial charge in [0.05, 0.1) is 5.92 Å². The van der Waals surface area contributed by atoms with Gasteiger partial charge in [-0.3, -0.25) is 0 Å². The summed E-state index contributed by atoms with van der Waals surface area (Å²) < 4.78 is 36.0. The molecule has 80 valence electrons. The van der Waals surface area contributed by atoms with Gasteiger partial charge in [-0.15, -0.1) is 12.4 Å². The van der Waals surface area contributed by atoms with E-state index in [1.165, 1.54) is 0 Å². The zero-order valence-corrected chi connectivity index (χ0v) is 8.50. The number of rotatable bonds is 2. The van der Waals surface area contributed by atoms with Crippen molar-refractivity contribution in [1.82, 2.24) is 5.32 Å². The molecule has 13 heavy (non-hydrogen) atoms. The average Bonchev–Trinajstić information content (AvgIpc) is 1.73. The molecule has 0 atom stereocenters. The quantitative estimate of drug-likeness (QED) is 0.750. The number of hydrogen-bond acceptors (Lipinski definition) is 1. The van der Waals surface area contributed by atoms with Crippen LogP contribution in [-0.2, 0) is 0 Å². The maximum Gasteiger partial charge on any atom is 0.391 e. The van der Waals surface area contributed by atoms with E-state index in [-0.39, 0.29) is 37.3 Å². The predicted molar refractivity (Wildman–Crippen MR) is 48.1 cm³/mol. The first-order valence-corrected chi connectivity index (χ1v) is 4.22. The number of nitrogens with one attached hydrogen (secondary N) is 1. The highest BCUT2D eigenvalue weighted by atomic mass is 35.5. The summed E-state index contributed by atoms with van der Waals surface area (Å²) in [5, 5.41) is 3.08. The van der Waals surface area contributed by atoms with Gasteiger partial charge in [-0.2, -0.15) is 13.2 Å². The van der Waals surface area contributed by atoms with E-state index in [2.05, 4.69) is 5.32 Å². The Labute approximate surface area is 82.5 Å². The SMILES string of the molecule is CC(C)NC1CC(C(F)(F)F)C1.Cl. The van der Waals surface area contributed by atoms with Crippen molar-refractivity contribution < 1.29 is 13.2 Å². The van der Waals surface area contributed by atoms with Gasteiger partial charge in [-0.25, -0.2) is 0 Å². The van der Waals surface area contributed by atoms with E-state index >= 15 is 0 Å². The predicted octanol–water partition coefficient (Wildman–Crippen LogP) is 2.75. The van der Waals surface area contributed by atoms with E-state index in [0.29, 0.717) is 0 Å². The minimum absolute atomic E-state index is 0. The highest BCUT2D eigenvalue weighted by Crippen LogP contribution is 2.41. The highest BCUT2D eigenvalue weighted by Gasteiger charge is 2.47. The molecule has 0 amide bonds. The molecule has 0 aromatic heterocycles. The van der Waals surface area contributed by atoms with Gasteiger partial charge in [0.25, 0.3) is 0 Å². The van der Waals surface area contributed by atoms with E-state index < -0.39 is 12.1 Å². The Balaban J connectivity index is 0.00000144. The van der Waals surface area contributed by atoms with Crippen molar-refractivity contribution in [3.8, 4) is 0 Å². The van der Waals surface area contributed by atoms with Crippen LogP contribution in [0.1, 0.15) is 26.7 Å². The molecule has 0 saturated heterocycles. The Morgan fingerprint density at radius 2 is 1.69 bits per heavy atom. The molecule has 1 nitrogen and oxygen atoms in total. The third-order valence-corrected chi connectivity index (χ3v) is 2.17. The highest BCUT2D eigenvalue weighted by molar-refractivity contribution is 5.85. The van der Waals surface area contributed by atoms with Gasteiger partial charge < -0.3 is 5.32 Å². The Morgan fingerprint density at radius 3 is 2.00 bits per heavy atom. The average molecular weight is 218 g/mol. The second-order valence-corrected chi connectivity index (χ2v) is 3.73. The lowest BCUT2D eigenvalue weighted by Crippen LogP contribution is -2.48. The third-order valence-electron chi connectivity index (χ3n) is 2.17. The first-order chi connectivity index (χ1) is 5.39. The maximum atomic E-state index is 12.0. The lowest BCUT2D eigenvalue weighted by Gasteiger charge is -2.38. The van der Waals surface area contributed by atoms with Crippen LogP contribution in [0.15, 0.2) is 0 Å². The van der Waals surface area contributed by atoms with Crippen LogP contribution in [0, 0.1) is 5.92 Å². The summed E-state index contributed by atoms with van der Waals surface area (Å²) in [5.41, 5.74) is 0. The molecule has 0 aromatic rings. The molecular weight excluding hydrogens is 203 g/mol. The first kappa shape index (κ1) is 13.0. The molecule has 1 rings (SSSR count). The van der Waals surface area contributed by atoms with E-state index in [1.807, 2.05) is 13.8 Å². The number of alkyl halides is 3. The van der Waals surface area contributed by atoms with E-state index in [4.69, 9.17) is 0 Å². The molecule has 0 unspecified atom stereocenters. The maximum absolute atomic E-state index is 12.0. The fourth-order valence-corrected chi connectivity index (χ4v) is 1.49. The lowest BCUT2D eigenvalue weighted by atomic mass is 9.79. The van der Waals surface area contributed by atoms with Gasteiger partial charge >= 0.3 is 6.18 Å². The van der Waals surface area contributed by atoms with Gasteiger partial charge in [-0.1, -0.05) is 13.8 Å². The fraction of sp³-hybridized carbons (Fsp3) is 1.00. The first-order valence-electron chi connectivity index (χ1n) is 4.22. The Hall–Kier alpha value is 0.0400. The monoisotopic (exact) mass is 217 g/mol. The number of hydrogen-bond donors (Lipinski definition) is 1. The molecule has 1 N–H and O–H groups in total. The van der Waals surface area contributed by atoms with Crippen LogP contribution in [0.2, 0.25) is 0 Å². The molecule has 1 aliphatic rings. The topological polar surface area (TPSA) is 12.0 Å². The zero-order chi connectivity index (χ0) is 9.35. The third kappa shape index (κ3) is 3.73. The van der Waals surface area contributed by atoms with Gasteiger partial charge in [0.1, 0.15) is 0 Å². The van der Waals surface area contributed by atoms with E-state index in [1.54, 1.807) is 0 Å². The van der Waals surface area contributed by atoms with E-state index in [0.717, 1.165) is 0 Å². The van der Waals surface area contributed by atoms with Crippen LogP contribution in [0.3, 0.4) is 0 Å².